The number of fused-ring (bicyclic) bond motifs is 2. The van der Waals surface area contributed by atoms with Gasteiger partial charge >= 0.3 is 5.69 Å². The number of nitrogens with zero attached hydrogens (tertiary/aromatic N) is 3. The van der Waals surface area contributed by atoms with Crippen LogP contribution in [-0.4, -0.2) is 16.4 Å². The van der Waals surface area contributed by atoms with E-state index >= 15 is 0 Å². The molecule has 1 aliphatic heterocycles. The minimum atomic E-state index is -0.666. The van der Waals surface area contributed by atoms with Gasteiger partial charge in [-0.25, -0.2) is 0 Å². The van der Waals surface area contributed by atoms with Gasteiger partial charge in [0.2, 0.25) is 0 Å². The van der Waals surface area contributed by atoms with Crippen LogP contribution in [0.1, 0.15) is 11.1 Å². The number of rotatable bonds is 5. The van der Waals surface area contributed by atoms with E-state index in [2.05, 4.69) is 0 Å². The monoisotopic (exact) mass is 403 g/mol. The average Bonchev–Trinajstić information content (AvgIpc) is 2.73. The first kappa shape index (κ1) is 19.1. The summed E-state index contributed by atoms with van der Waals surface area (Å²) in [5.41, 5.74) is 2.05. The first-order valence-corrected chi connectivity index (χ1v) is 9.18. The summed E-state index contributed by atoms with van der Waals surface area (Å²) in [6.07, 6.45) is 3.81. The van der Waals surface area contributed by atoms with E-state index in [1.165, 1.54) is 6.07 Å². The minimum Gasteiger partial charge on any atom is -0.452 e. The predicted octanol–water partition coefficient (Wildman–Crippen LogP) is 5.77. The van der Waals surface area contributed by atoms with E-state index < -0.39 is 15.5 Å². The van der Waals surface area contributed by atoms with Crippen molar-refractivity contribution in [1.82, 2.24) is 0 Å². The van der Waals surface area contributed by atoms with Crippen LogP contribution >= 0.6 is 0 Å². The highest BCUT2D eigenvalue weighted by Gasteiger charge is 2.34. The number of hydrogen-bond donors (Lipinski definition) is 0. The van der Waals surface area contributed by atoms with Crippen LogP contribution in [0.2, 0.25) is 0 Å². The van der Waals surface area contributed by atoms with Gasteiger partial charge in [0.15, 0.2) is 17.2 Å². The molecule has 0 aromatic heterocycles. The van der Waals surface area contributed by atoms with Crippen LogP contribution in [0, 0.1) is 27.2 Å². The fourth-order valence-electron chi connectivity index (χ4n) is 3.38. The lowest BCUT2D eigenvalue weighted by molar-refractivity contribution is -0.393. The Morgan fingerprint density at radius 2 is 1.73 bits per heavy atom. The topological polar surface area (TPSA) is 98.8 Å². The molecule has 0 radical (unpaired) electrons. The van der Waals surface area contributed by atoms with Crippen LogP contribution < -0.4 is 9.64 Å². The van der Waals surface area contributed by atoms with Crippen molar-refractivity contribution in [2.24, 2.45) is 0 Å². The molecular formula is C22H17N3O5. The van der Waals surface area contributed by atoms with E-state index in [-0.39, 0.29) is 17.1 Å². The second kappa shape index (κ2) is 7.67. The zero-order valence-electron chi connectivity index (χ0n) is 16.0. The Bertz CT molecular complexity index is 1170. The number of anilines is 2. The maximum absolute atomic E-state index is 11.8. The second-order valence-electron chi connectivity index (χ2n) is 6.82. The Morgan fingerprint density at radius 1 is 0.967 bits per heavy atom. The highest BCUT2D eigenvalue weighted by atomic mass is 16.6. The molecule has 150 valence electrons. The van der Waals surface area contributed by atoms with Gasteiger partial charge in [-0.3, -0.25) is 20.2 Å². The highest BCUT2D eigenvalue weighted by Crippen LogP contribution is 2.52. The molecule has 0 atom stereocenters. The summed E-state index contributed by atoms with van der Waals surface area (Å²) < 4.78 is 5.83. The molecule has 8 nitrogen and oxygen atoms in total. The zero-order chi connectivity index (χ0) is 21.3. The lowest BCUT2D eigenvalue weighted by Gasteiger charge is -2.31. The zero-order valence-corrected chi connectivity index (χ0v) is 16.0. The second-order valence-corrected chi connectivity index (χ2v) is 6.82. The van der Waals surface area contributed by atoms with Gasteiger partial charge in [-0.05, 0) is 30.2 Å². The van der Waals surface area contributed by atoms with E-state index in [0.717, 1.165) is 17.2 Å². The molecule has 4 rings (SSSR count). The van der Waals surface area contributed by atoms with Crippen molar-refractivity contribution >= 4 is 28.8 Å². The predicted molar refractivity (Wildman–Crippen MR) is 113 cm³/mol. The molecule has 0 bridgehead atoms. The largest absolute Gasteiger partial charge is 0.452 e. The van der Waals surface area contributed by atoms with Gasteiger partial charge in [0.25, 0.3) is 5.69 Å². The molecule has 1 heterocycles. The van der Waals surface area contributed by atoms with Crippen LogP contribution in [0.15, 0.2) is 66.7 Å². The molecule has 3 aromatic carbocycles. The van der Waals surface area contributed by atoms with Crippen molar-refractivity contribution in [3.8, 4) is 11.5 Å². The summed E-state index contributed by atoms with van der Waals surface area (Å²) in [5.74, 6) is 0.566. The average molecular weight is 403 g/mol. The molecule has 0 unspecified atom stereocenters. The molecule has 8 heteroatoms. The van der Waals surface area contributed by atoms with E-state index in [4.69, 9.17) is 4.74 Å². The third-order valence-corrected chi connectivity index (χ3v) is 4.74. The summed E-state index contributed by atoms with van der Waals surface area (Å²) in [5, 5.41) is 23.0. The molecule has 0 spiro atoms. The van der Waals surface area contributed by atoms with Gasteiger partial charge < -0.3 is 9.64 Å². The van der Waals surface area contributed by atoms with Crippen molar-refractivity contribution in [3.05, 3.63) is 98.1 Å². The molecule has 0 amide bonds. The summed E-state index contributed by atoms with van der Waals surface area (Å²) in [6, 6.07) is 17.3. The summed E-state index contributed by atoms with van der Waals surface area (Å²) in [6.45, 7) is 2.23. The van der Waals surface area contributed by atoms with Crippen LogP contribution in [0.4, 0.5) is 22.7 Å². The third kappa shape index (κ3) is 3.58. The lowest BCUT2D eigenvalue weighted by atomic mass is 10.1. The smallest absolute Gasteiger partial charge is 0.303 e. The van der Waals surface area contributed by atoms with Crippen molar-refractivity contribution in [2.75, 3.05) is 11.4 Å². The SMILES string of the molecule is Cc1ccc2c(c1)N(C/C=C/c1ccccc1)c1c(cc([N+](=O)[O-])cc1[N+](=O)[O-])O2. The Balaban J connectivity index is 1.84. The van der Waals surface area contributed by atoms with Gasteiger partial charge in [0, 0.05) is 6.54 Å². The Labute approximate surface area is 171 Å². The van der Waals surface area contributed by atoms with Gasteiger partial charge in [-0.2, -0.15) is 0 Å². The van der Waals surface area contributed by atoms with E-state index in [1.54, 1.807) is 11.0 Å². The Morgan fingerprint density at radius 3 is 2.43 bits per heavy atom. The van der Waals surface area contributed by atoms with Crippen molar-refractivity contribution in [2.45, 2.75) is 6.92 Å². The maximum atomic E-state index is 11.8. The summed E-state index contributed by atoms with van der Waals surface area (Å²) >= 11 is 0. The first-order chi connectivity index (χ1) is 14.4. The van der Waals surface area contributed by atoms with Crippen LogP contribution in [0.5, 0.6) is 11.5 Å². The molecule has 0 saturated carbocycles. The molecule has 0 aliphatic carbocycles. The lowest BCUT2D eigenvalue weighted by Crippen LogP contribution is -2.22. The number of ether oxygens (including phenoxy) is 1. The Kier molecular flexibility index (Phi) is 4.89. The molecule has 0 N–H and O–H groups in total. The summed E-state index contributed by atoms with van der Waals surface area (Å²) in [4.78, 5) is 23.5. The van der Waals surface area contributed by atoms with E-state index in [0.29, 0.717) is 18.0 Å². The quantitative estimate of drug-likeness (QED) is 0.396. The van der Waals surface area contributed by atoms with Crippen LogP contribution in [0.25, 0.3) is 6.08 Å². The van der Waals surface area contributed by atoms with Gasteiger partial charge in [-0.15, -0.1) is 0 Å². The number of nitro groups is 2. The molecule has 0 saturated heterocycles. The maximum Gasteiger partial charge on any atom is 0.303 e. The van der Waals surface area contributed by atoms with Crippen molar-refractivity contribution in [3.63, 3.8) is 0 Å². The Hall–Kier alpha value is -4.20. The highest BCUT2D eigenvalue weighted by molar-refractivity contribution is 5.86. The number of benzene rings is 3. The van der Waals surface area contributed by atoms with Crippen molar-refractivity contribution in [1.29, 1.82) is 0 Å². The summed E-state index contributed by atoms with van der Waals surface area (Å²) in [7, 11) is 0. The van der Waals surface area contributed by atoms with Gasteiger partial charge in [0.1, 0.15) is 0 Å². The number of aryl methyl sites for hydroxylation is 1. The van der Waals surface area contributed by atoms with Crippen LogP contribution in [-0.2, 0) is 0 Å². The van der Waals surface area contributed by atoms with Crippen LogP contribution in [0.3, 0.4) is 0 Å². The molecule has 30 heavy (non-hydrogen) atoms. The van der Waals surface area contributed by atoms with Gasteiger partial charge in [0.05, 0.1) is 27.7 Å². The van der Waals surface area contributed by atoms with E-state index in [1.807, 2.05) is 61.5 Å². The first-order valence-electron chi connectivity index (χ1n) is 9.18. The fourth-order valence-corrected chi connectivity index (χ4v) is 3.38. The molecule has 1 aliphatic rings. The van der Waals surface area contributed by atoms with E-state index in [9.17, 15) is 20.2 Å². The molecule has 3 aromatic rings. The molecule has 0 fully saturated rings. The molecular weight excluding hydrogens is 386 g/mol. The van der Waals surface area contributed by atoms with Gasteiger partial charge in [-0.1, -0.05) is 48.6 Å². The minimum absolute atomic E-state index is 0.0837. The third-order valence-electron chi connectivity index (χ3n) is 4.74. The standard InChI is InChI=1S/C22H17N3O5/c1-15-9-10-20-18(12-15)23(11-5-8-16-6-3-2-4-7-16)22-19(25(28)29)13-17(24(26)27)14-21(22)30-20/h2-10,12-14H,11H2,1H3/b8-5+. The normalized spacial score (nSPS) is 12.2. The fraction of sp³-hybridized carbons (Fsp3) is 0.0909. The number of nitro benzene ring substituents is 2. The number of hydrogen-bond acceptors (Lipinski definition) is 6. The number of non-ortho nitro benzene ring substituents is 1. The van der Waals surface area contributed by atoms with Crippen molar-refractivity contribution < 1.29 is 14.6 Å².